The quantitative estimate of drug-likeness (QED) is 0.833. The molecule has 1 aromatic carbocycles. The fraction of sp³-hybridized carbons (Fsp3) is 0.250. The van der Waals surface area contributed by atoms with Gasteiger partial charge in [-0.1, -0.05) is 30.7 Å². The van der Waals surface area contributed by atoms with E-state index in [-0.39, 0.29) is 11.8 Å². The number of benzene rings is 1. The SMILES string of the molecule is CC[C@@H](Oc1ccc(C)cc1)C(=O)NNC(=O)c1cccs1. The van der Waals surface area contributed by atoms with Crippen molar-refractivity contribution in [2.75, 3.05) is 0 Å². The van der Waals surface area contributed by atoms with Gasteiger partial charge in [0.25, 0.3) is 11.8 Å². The highest BCUT2D eigenvalue weighted by molar-refractivity contribution is 7.12. The zero-order chi connectivity index (χ0) is 15.9. The number of ether oxygens (including phenoxy) is 1. The van der Waals surface area contributed by atoms with Gasteiger partial charge in [0, 0.05) is 0 Å². The lowest BCUT2D eigenvalue weighted by atomic mass is 10.2. The van der Waals surface area contributed by atoms with Crippen LogP contribution in [0, 0.1) is 6.92 Å². The maximum Gasteiger partial charge on any atom is 0.279 e. The van der Waals surface area contributed by atoms with Crippen molar-refractivity contribution >= 4 is 23.2 Å². The highest BCUT2D eigenvalue weighted by Gasteiger charge is 2.19. The molecule has 0 aliphatic rings. The van der Waals surface area contributed by atoms with E-state index in [0.717, 1.165) is 5.56 Å². The highest BCUT2D eigenvalue weighted by Crippen LogP contribution is 2.14. The van der Waals surface area contributed by atoms with Crippen LogP contribution in [0.3, 0.4) is 0 Å². The third-order valence-corrected chi connectivity index (χ3v) is 3.88. The Balaban J connectivity index is 1.88. The van der Waals surface area contributed by atoms with Crippen LogP contribution in [-0.4, -0.2) is 17.9 Å². The summed E-state index contributed by atoms with van der Waals surface area (Å²) in [4.78, 5) is 24.4. The number of nitrogens with one attached hydrogen (secondary N) is 2. The Hall–Kier alpha value is -2.34. The van der Waals surface area contributed by atoms with Crippen LogP contribution in [0.15, 0.2) is 41.8 Å². The lowest BCUT2D eigenvalue weighted by Crippen LogP contribution is -2.47. The second-order valence-corrected chi connectivity index (χ2v) is 5.70. The molecule has 1 atom stereocenters. The number of thiophene rings is 1. The number of carbonyl (C=O) groups excluding carboxylic acids is 2. The van der Waals surface area contributed by atoms with Crippen molar-refractivity contribution in [3.8, 4) is 5.75 Å². The number of rotatable bonds is 5. The molecule has 1 heterocycles. The normalized spacial score (nSPS) is 11.5. The first-order chi connectivity index (χ1) is 10.6. The van der Waals surface area contributed by atoms with Crippen molar-refractivity contribution in [1.82, 2.24) is 10.9 Å². The van der Waals surface area contributed by atoms with Gasteiger partial charge in [-0.15, -0.1) is 11.3 Å². The largest absolute Gasteiger partial charge is 0.481 e. The number of hydrogen-bond acceptors (Lipinski definition) is 4. The fourth-order valence-corrected chi connectivity index (χ4v) is 2.39. The molecule has 0 unspecified atom stereocenters. The Morgan fingerprint density at radius 2 is 1.91 bits per heavy atom. The van der Waals surface area contributed by atoms with Gasteiger partial charge in [-0.3, -0.25) is 20.4 Å². The Bertz CT molecular complexity index is 623. The first kappa shape index (κ1) is 16.0. The first-order valence-electron chi connectivity index (χ1n) is 6.97. The molecule has 2 N–H and O–H groups in total. The Labute approximate surface area is 133 Å². The second-order valence-electron chi connectivity index (χ2n) is 4.75. The summed E-state index contributed by atoms with van der Waals surface area (Å²) in [5.41, 5.74) is 5.90. The Morgan fingerprint density at radius 1 is 1.18 bits per heavy atom. The van der Waals surface area contributed by atoms with Crippen molar-refractivity contribution in [3.63, 3.8) is 0 Å². The van der Waals surface area contributed by atoms with Gasteiger partial charge in [0.15, 0.2) is 6.10 Å². The van der Waals surface area contributed by atoms with Crippen LogP contribution in [0.25, 0.3) is 0 Å². The average molecular weight is 318 g/mol. The second kappa shape index (κ2) is 7.61. The molecule has 1 aromatic heterocycles. The maximum atomic E-state index is 12.1. The van der Waals surface area contributed by atoms with Crippen LogP contribution in [-0.2, 0) is 4.79 Å². The van der Waals surface area contributed by atoms with Crippen molar-refractivity contribution in [2.24, 2.45) is 0 Å². The molecule has 0 saturated carbocycles. The van der Waals surface area contributed by atoms with E-state index in [1.54, 1.807) is 17.5 Å². The van der Waals surface area contributed by atoms with Crippen LogP contribution < -0.4 is 15.6 Å². The predicted octanol–water partition coefficient (Wildman–Crippen LogP) is 2.68. The summed E-state index contributed by atoms with van der Waals surface area (Å²) in [5.74, 6) is -0.0984. The molecule has 0 fully saturated rings. The van der Waals surface area contributed by atoms with Gasteiger partial charge < -0.3 is 4.74 Å². The van der Waals surface area contributed by atoms with Gasteiger partial charge in [-0.2, -0.15) is 0 Å². The number of hydrogen-bond donors (Lipinski definition) is 2. The van der Waals surface area contributed by atoms with E-state index in [1.807, 2.05) is 38.1 Å². The Kier molecular flexibility index (Phi) is 5.55. The average Bonchev–Trinajstić information content (AvgIpc) is 3.06. The standard InChI is InChI=1S/C16H18N2O3S/c1-3-13(21-12-8-6-11(2)7-9-12)15(19)17-18-16(20)14-5-4-10-22-14/h4-10,13H,3H2,1-2H3,(H,17,19)(H,18,20)/t13-/m1/s1. The molecule has 0 radical (unpaired) electrons. The lowest BCUT2D eigenvalue weighted by Gasteiger charge is -2.17. The summed E-state index contributed by atoms with van der Waals surface area (Å²) in [6, 6.07) is 10.9. The van der Waals surface area contributed by atoms with Crippen molar-refractivity contribution in [3.05, 3.63) is 52.2 Å². The molecular weight excluding hydrogens is 300 g/mol. The monoisotopic (exact) mass is 318 g/mol. The molecule has 6 heteroatoms. The molecule has 22 heavy (non-hydrogen) atoms. The van der Waals surface area contributed by atoms with Crippen LogP contribution in [0.1, 0.15) is 28.6 Å². The van der Waals surface area contributed by atoms with E-state index in [0.29, 0.717) is 17.0 Å². The van der Waals surface area contributed by atoms with Gasteiger partial charge >= 0.3 is 0 Å². The van der Waals surface area contributed by atoms with Gasteiger partial charge in [-0.05, 0) is 36.9 Å². The summed E-state index contributed by atoms with van der Waals surface area (Å²) in [5, 5.41) is 1.80. The minimum Gasteiger partial charge on any atom is -0.481 e. The summed E-state index contributed by atoms with van der Waals surface area (Å²) in [6.45, 7) is 3.83. The molecule has 0 aliphatic carbocycles. The molecule has 0 spiro atoms. The van der Waals surface area contributed by atoms with Crippen molar-refractivity contribution < 1.29 is 14.3 Å². The maximum absolute atomic E-state index is 12.1. The smallest absolute Gasteiger partial charge is 0.279 e. The molecular formula is C16H18N2O3S. The summed E-state index contributed by atoms with van der Waals surface area (Å²) >= 11 is 1.31. The van der Waals surface area contributed by atoms with Crippen LogP contribution in [0.2, 0.25) is 0 Å². The lowest BCUT2D eigenvalue weighted by molar-refractivity contribution is -0.128. The van der Waals surface area contributed by atoms with E-state index in [2.05, 4.69) is 10.9 Å². The molecule has 0 bridgehead atoms. The number of hydrazine groups is 1. The van der Waals surface area contributed by atoms with Gasteiger partial charge in [0.1, 0.15) is 5.75 Å². The minimum absolute atomic E-state index is 0.339. The molecule has 0 aliphatic heterocycles. The van der Waals surface area contributed by atoms with Gasteiger partial charge in [0.05, 0.1) is 4.88 Å². The number of carbonyl (C=O) groups is 2. The zero-order valence-electron chi connectivity index (χ0n) is 12.5. The third kappa shape index (κ3) is 4.33. The van der Waals surface area contributed by atoms with E-state index in [9.17, 15) is 9.59 Å². The third-order valence-electron chi connectivity index (χ3n) is 3.01. The molecule has 2 aromatic rings. The van der Waals surface area contributed by atoms with E-state index in [4.69, 9.17) is 4.74 Å². The minimum atomic E-state index is -0.661. The number of aryl methyl sites for hydroxylation is 1. The van der Waals surface area contributed by atoms with Crippen LogP contribution in [0.5, 0.6) is 5.75 Å². The molecule has 2 rings (SSSR count). The first-order valence-corrected chi connectivity index (χ1v) is 7.85. The van der Waals surface area contributed by atoms with Crippen molar-refractivity contribution in [1.29, 1.82) is 0 Å². The number of amides is 2. The summed E-state index contributed by atoms with van der Waals surface area (Å²) in [7, 11) is 0. The molecule has 116 valence electrons. The zero-order valence-corrected chi connectivity index (χ0v) is 13.3. The van der Waals surface area contributed by atoms with E-state index >= 15 is 0 Å². The summed E-state index contributed by atoms with van der Waals surface area (Å²) < 4.78 is 5.64. The Morgan fingerprint density at radius 3 is 2.50 bits per heavy atom. The molecule has 5 nitrogen and oxygen atoms in total. The van der Waals surface area contributed by atoms with Crippen LogP contribution in [0.4, 0.5) is 0 Å². The fourth-order valence-electron chi connectivity index (χ4n) is 1.77. The highest BCUT2D eigenvalue weighted by atomic mass is 32.1. The van der Waals surface area contributed by atoms with Crippen molar-refractivity contribution in [2.45, 2.75) is 26.4 Å². The molecule has 0 saturated heterocycles. The topological polar surface area (TPSA) is 67.4 Å². The summed E-state index contributed by atoms with van der Waals surface area (Å²) in [6.07, 6.45) is -0.166. The molecule has 2 amide bonds. The predicted molar refractivity (Wildman–Crippen MR) is 85.8 cm³/mol. The van der Waals surface area contributed by atoms with Crippen LogP contribution >= 0.6 is 11.3 Å². The van der Waals surface area contributed by atoms with E-state index < -0.39 is 6.10 Å². The van der Waals surface area contributed by atoms with E-state index in [1.165, 1.54) is 11.3 Å². The van der Waals surface area contributed by atoms with Gasteiger partial charge in [0.2, 0.25) is 0 Å². The van der Waals surface area contributed by atoms with Gasteiger partial charge in [-0.25, -0.2) is 0 Å².